The summed E-state index contributed by atoms with van der Waals surface area (Å²) in [5.74, 6) is -0.775. The molecule has 1 heterocycles. The summed E-state index contributed by atoms with van der Waals surface area (Å²) in [5.41, 5.74) is 3.01. The van der Waals surface area contributed by atoms with Gasteiger partial charge in [-0.05, 0) is 43.2 Å². The van der Waals surface area contributed by atoms with Crippen molar-refractivity contribution in [3.63, 3.8) is 0 Å². The number of ether oxygens (including phenoxy) is 1. The highest BCUT2D eigenvalue weighted by Crippen LogP contribution is 2.31. The summed E-state index contributed by atoms with van der Waals surface area (Å²) in [7, 11) is 1.59. The molecule has 0 fully saturated rings. The summed E-state index contributed by atoms with van der Waals surface area (Å²) >= 11 is 0. The Morgan fingerprint density at radius 1 is 1.16 bits per heavy atom. The molecule has 0 bridgehead atoms. The molecule has 2 N–H and O–H groups in total. The Balaban J connectivity index is 1.84. The monoisotopic (exact) mass is 419 g/mol. The number of nitrogens with zero attached hydrogens (tertiary/aromatic N) is 1. The smallest absolute Gasteiger partial charge is 0.338 e. The van der Waals surface area contributed by atoms with Crippen LogP contribution in [0.25, 0.3) is 6.08 Å². The van der Waals surface area contributed by atoms with Gasteiger partial charge in [0.1, 0.15) is 0 Å². The molecule has 0 saturated carbocycles. The van der Waals surface area contributed by atoms with Crippen molar-refractivity contribution in [1.29, 1.82) is 0 Å². The number of anilines is 1. The first kappa shape index (κ1) is 21.8. The zero-order valence-corrected chi connectivity index (χ0v) is 17.7. The number of allylic oxidation sites excluding steroid dienone is 1. The van der Waals surface area contributed by atoms with E-state index < -0.39 is 12.0 Å². The summed E-state index contributed by atoms with van der Waals surface area (Å²) in [6.07, 6.45) is 3.18. The van der Waals surface area contributed by atoms with Crippen molar-refractivity contribution in [1.82, 2.24) is 10.2 Å². The molecule has 0 aliphatic carbocycles. The third-order valence-electron chi connectivity index (χ3n) is 4.96. The molecule has 0 radical (unpaired) electrons. The molecule has 2 aromatic carbocycles. The number of carbonyl (C=O) groups excluding carboxylic acids is 3. The standard InChI is InChI=1S/C24H25N3O4/c1-4-31-23(29)21-16(2)27(3)24(30)26-22(21)18-11-8-12-19(15-18)25-20(28)14-13-17-9-6-5-7-10-17/h5-15,22H,4H2,1-3H3,(H,25,28)(H,26,30)/b14-13+/t22-/m0/s1. The number of esters is 1. The molecule has 7 nitrogen and oxygen atoms in total. The Hall–Kier alpha value is -3.87. The number of hydrogen-bond acceptors (Lipinski definition) is 4. The molecular formula is C24H25N3O4. The van der Waals surface area contributed by atoms with Gasteiger partial charge in [0.25, 0.3) is 0 Å². The molecule has 3 rings (SSSR count). The van der Waals surface area contributed by atoms with Gasteiger partial charge < -0.3 is 20.3 Å². The molecular weight excluding hydrogens is 394 g/mol. The highest BCUT2D eigenvalue weighted by atomic mass is 16.5. The Bertz CT molecular complexity index is 1040. The molecule has 1 atom stereocenters. The predicted molar refractivity (Wildman–Crippen MR) is 119 cm³/mol. The first-order valence-corrected chi connectivity index (χ1v) is 9.97. The second-order valence-corrected chi connectivity index (χ2v) is 7.02. The maximum absolute atomic E-state index is 12.6. The van der Waals surface area contributed by atoms with E-state index in [4.69, 9.17) is 4.74 Å². The Labute approximate surface area is 181 Å². The van der Waals surface area contributed by atoms with E-state index in [2.05, 4.69) is 10.6 Å². The average molecular weight is 419 g/mol. The zero-order valence-electron chi connectivity index (χ0n) is 17.7. The number of benzene rings is 2. The molecule has 0 spiro atoms. The minimum Gasteiger partial charge on any atom is -0.463 e. The van der Waals surface area contributed by atoms with Gasteiger partial charge in [0.05, 0.1) is 18.2 Å². The molecule has 2 aromatic rings. The van der Waals surface area contributed by atoms with Crippen LogP contribution in [0.15, 0.2) is 71.9 Å². The van der Waals surface area contributed by atoms with Crippen LogP contribution in [-0.4, -0.2) is 36.5 Å². The van der Waals surface area contributed by atoms with Crippen LogP contribution in [0.3, 0.4) is 0 Å². The van der Waals surface area contributed by atoms with Gasteiger partial charge in [-0.1, -0.05) is 42.5 Å². The third kappa shape index (κ3) is 5.19. The second-order valence-electron chi connectivity index (χ2n) is 7.02. The van der Waals surface area contributed by atoms with Crippen LogP contribution in [-0.2, 0) is 14.3 Å². The van der Waals surface area contributed by atoms with E-state index in [1.807, 2.05) is 30.3 Å². The molecule has 0 saturated heterocycles. The Morgan fingerprint density at radius 3 is 2.61 bits per heavy atom. The van der Waals surface area contributed by atoms with E-state index in [1.54, 1.807) is 51.2 Å². The maximum Gasteiger partial charge on any atom is 0.338 e. The largest absolute Gasteiger partial charge is 0.463 e. The Kier molecular flexibility index (Phi) is 6.87. The fraction of sp³-hybridized carbons (Fsp3) is 0.208. The van der Waals surface area contributed by atoms with Crippen LogP contribution >= 0.6 is 0 Å². The fourth-order valence-corrected chi connectivity index (χ4v) is 3.27. The third-order valence-corrected chi connectivity index (χ3v) is 4.96. The van der Waals surface area contributed by atoms with Gasteiger partial charge in [0, 0.05) is 24.5 Å². The summed E-state index contributed by atoms with van der Waals surface area (Å²) in [5, 5.41) is 5.64. The summed E-state index contributed by atoms with van der Waals surface area (Å²) in [6, 6.07) is 15.5. The van der Waals surface area contributed by atoms with Gasteiger partial charge in [-0.2, -0.15) is 0 Å². The van der Waals surface area contributed by atoms with E-state index in [9.17, 15) is 14.4 Å². The van der Waals surface area contributed by atoms with Crippen LogP contribution in [0.2, 0.25) is 0 Å². The number of amides is 3. The maximum atomic E-state index is 12.6. The van der Waals surface area contributed by atoms with Crippen LogP contribution in [0.4, 0.5) is 10.5 Å². The lowest BCUT2D eigenvalue weighted by atomic mass is 9.94. The van der Waals surface area contributed by atoms with Gasteiger partial charge in [0.15, 0.2) is 0 Å². The highest BCUT2D eigenvalue weighted by Gasteiger charge is 2.35. The quantitative estimate of drug-likeness (QED) is 0.550. The van der Waals surface area contributed by atoms with Gasteiger partial charge in [-0.15, -0.1) is 0 Å². The number of carbonyl (C=O) groups is 3. The zero-order chi connectivity index (χ0) is 22.4. The van der Waals surface area contributed by atoms with Crippen molar-refractivity contribution >= 4 is 29.7 Å². The number of hydrogen-bond donors (Lipinski definition) is 2. The molecule has 160 valence electrons. The SMILES string of the molecule is CCOC(=O)C1=C(C)N(C)C(=O)N[C@H]1c1cccc(NC(=O)/C=C/c2ccccc2)c1. The van der Waals surface area contributed by atoms with Crippen molar-refractivity contribution in [3.05, 3.63) is 83.1 Å². The van der Waals surface area contributed by atoms with Crippen LogP contribution in [0, 0.1) is 0 Å². The molecule has 3 amide bonds. The van der Waals surface area contributed by atoms with E-state index in [1.165, 1.54) is 11.0 Å². The van der Waals surface area contributed by atoms with Crippen molar-refractivity contribution in [2.75, 3.05) is 19.0 Å². The van der Waals surface area contributed by atoms with Crippen molar-refractivity contribution < 1.29 is 19.1 Å². The van der Waals surface area contributed by atoms with Crippen LogP contribution in [0.1, 0.15) is 31.0 Å². The van der Waals surface area contributed by atoms with E-state index in [0.29, 0.717) is 22.5 Å². The lowest BCUT2D eigenvalue weighted by molar-refractivity contribution is -0.139. The van der Waals surface area contributed by atoms with Gasteiger partial charge >= 0.3 is 12.0 Å². The van der Waals surface area contributed by atoms with Crippen LogP contribution < -0.4 is 10.6 Å². The second kappa shape index (κ2) is 9.75. The van der Waals surface area contributed by atoms with E-state index >= 15 is 0 Å². The minimum absolute atomic E-state index is 0.226. The Morgan fingerprint density at radius 2 is 1.90 bits per heavy atom. The number of urea groups is 1. The summed E-state index contributed by atoms with van der Waals surface area (Å²) in [4.78, 5) is 38.6. The van der Waals surface area contributed by atoms with Crippen LogP contribution in [0.5, 0.6) is 0 Å². The van der Waals surface area contributed by atoms with E-state index in [0.717, 1.165) is 5.56 Å². The number of rotatable bonds is 6. The summed E-state index contributed by atoms with van der Waals surface area (Å²) < 4.78 is 5.20. The molecule has 7 heteroatoms. The first-order chi connectivity index (χ1) is 14.9. The van der Waals surface area contributed by atoms with Crippen molar-refractivity contribution in [2.24, 2.45) is 0 Å². The van der Waals surface area contributed by atoms with Crippen molar-refractivity contribution in [2.45, 2.75) is 19.9 Å². The molecule has 0 unspecified atom stereocenters. The first-order valence-electron chi connectivity index (χ1n) is 9.97. The molecule has 1 aliphatic heterocycles. The van der Waals surface area contributed by atoms with Gasteiger partial charge in [0.2, 0.25) is 5.91 Å². The topological polar surface area (TPSA) is 87.7 Å². The van der Waals surface area contributed by atoms with E-state index in [-0.39, 0.29) is 18.5 Å². The predicted octanol–water partition coefficient (Wildman–Crippen LogP) is 3.87. The fourth-order valence-electron chi connectivity index (χ4n) is 3.27. The summed E-state index contributed by atoms with van der Waals surface area (Å²) in [6.45, 7) is 3.66. The molecule has 31 heavy (non-hydrogen) atoms. The average Bonchev–Trinajstić information content (AvgIpc) is 2.77. The van der Waals surface area contributed by atoms with Gasteiger partial charge in [-0.3, -0.25) is 4.79 Å². The van der Waals surface area contributed by atoms with Crippen molar-refractivity contribution in [3.8, 4) is 0 Å². The van der Waals surface area contributed by atoms with Gasteiger partial charge in [-0.25, -0.2) is 9.59 Å². The lowest BCUT2D eigenvalue weighted by Gasteiger charge is -2.33. The highest BCUT2D eigenvalue weighted by molar-refractivity contribution is 6.02. The lowest BCUT2D eigenvalue weighted by Crippen LogP contribution is -2.46. The normalized spacial score (nSPS) is 16.3. The molecule has 1 aliphatic rings. The minimum atomic E-state index is -0.681. The number of nitrogens with one attached hydrogen (secondary N) is 2. The molecule has 0 aromatic heterocycles.